The van der Waals surface area contributed by atoms with E-state index in [-0.39, 0.29) is 18.1 Å². The molecule has 1 saturated heterocycles. The highest BCUT2D eigenvalue weighted by Gasteiger charge is 2.44. The van der Waals surface area contributed by atoms with Crippen LogP contribution in [0.25, 0.3) is 10.8 Å². The molecule has 2 N–H and O–H groups in total. The Balaban J connectivity index is 1.19. The van der Waals surface area contributed by atoms with Crippen molar-refractivity contribution in [3.05, 3.63) is 65.0 Å². The fraction of sp³-hybridized carbons (Fsp3) is 0.367. The van der Waals surface area contributed by atoms with Crippen molar-refractivity contribution < 1.29 is 28.7 Å². The fourth-order valence-electron chi connectivity index (χ4n) is 5.71. The molecule has 2 fully saturated rings. The van der Waals surface area contributed by atoms with E-state index < -0.39 is 11.7 Å². The largest absolute Gasteiger partial charge is 0.496 e. The Hall–Kier alpha value is -4.47. The summed E-state index contributed by atoms with van der Waals surface area (Å²) in [5.41, 5.74) is 7.40. The SMILES string of the molecule is COc1cc(C(=O)N2CCC3(CC2)CC(=O)c2cc(/C(C)=N/OC(N)=O)ccc2O3)cc2c(C3CC3)nccc12. The second-order valence-corrected chi connectivity index (χ2v) is 10.7. The molecule has 3 heterocycles. The normalized spacial score (nSPS) is 18.3. The summed E-state index contributed by atoms with van der Waals surface area (Å²) >= 11 is 0. The zero-order valence-corrected chi connectivity index (χ0v) is 22.4. The van der Waals surface area contributed by atoms with Gasteiger partial charge in [-0.1, -0.05) is 5.16 Å². The number of methoxy groups -OCH3 is 1. The van der Waals surface area contributed by atoms with Crippen molar-refractivity contribution in [2.24, 2.45) is 10.9 Å². The van der Waals surface area contributed by atoms with E-state index in [1.165, 1.54) is 0 Å². The minimum Gasteiger partial charge on any atom is -0.496 e. The van der Waals surface area contributed by atoms with Crippen LogP contribution in [0.3, 0.4) is 0 Å². The number of rotatable bonds is 5. The summed E-state index contributed by atoms with van der Waals surface area (Å²) in [4.78, 5) is 48.6. The van der Waals surface area contributed by atoms with Gasteiger partial charge in [0.05, 0.1) is 30.5 Å². The van der Waals surface area contributed by atoms with E-state index in [0.29, 0.717) is 65.8 Å². The van der Waals surface area contributed by atoms with E-state index in [9.17, 15) is 14.4 Å². The lowest BCUT2D eigenvalue weighted by Gasteiger charge is -2.44. The van der Waals surface area contributed by atoms with Crippen molar-refractivity contribution in [2.75, 3.05) is 20.2 Å². The third-order valence-corrected chi connectivity index (χ3v) is 8.05. The molecule has 40 heavy (non-hydrogen) atoms. The molecule has 206 valence electrons. The zero-order chi connectivity index (χ0) is 28.0. The third kappa shape index (κ3) is 4.74. The molecule has 1 spiro atoms. The van der Waals surface area contributed by atoms with E-state index in [1.807, 2.05) is 23.2 Å². The van der Waals surface area contributed by atoms with Crippen molar-refractivity contribution in [2.45, 2.75) is 50.5 Å². The number of ether oxygens (including phenoxy) is 2. The van der Waals surface area contributed by atoms with Crippen molar-refractivity contribution >= 4 is 34.3 Å². The molecule has 1 saturated carbocycles. The van der Waals surface area contributed by atoms with Crippen molar-refractivity contribution in [3.63, 3.8) is 0 Å². The molecule has 2 aliphatic heterocycles. The smallest absolute Gasteiger partial charge is 0.430 e. The third-order valence-electron chi connectivity index (χ3n) is 8.05. The van der Waals surface area contributed by atoms with Crippen LogP contribution in [-0.4, -0.2) is 59.2 Å². The molecule has 1 aliphatic carbocycles. The first-order valence-electron chi connectivity index (χ1n) is 13.4. The van der Waals surface area contributed by atoms with Crippen LogP contribution in [0.15, 0.2) is 47.8 Å². The molecule has 2 amide bonds. The predicted octanol–water partition coefficient (Wildman–Crippen LogP) is 4.58. The van der Waals surface area contributed by atoms with Crippen LogP contribution < -0.4 is 15.2 Å². The lowest BCUT2D eigenvalue weighted by atomic mass is 9.82. The highest BCUT2D eigenvalue weighted by Crippen LogP contribution is 2.44. The summed E-state index contributed by atoms with van der Waals surface area (Å²) in [6.45, 7) is 2.60. The number of Topliss-reactive ketones (excluding diaryl/α,β-unsaturated/α-hetero) is 1. The van der Waals surface area contributed by atoms with Gasteiger partial charge in [-0.3, -0.25) is 19.4 Å². The van der Waals surface area contributed by atoms with Crippen LogP contribution in [0.2, 0.25) is 0 Å². The number of nitrogens with two attached hydrogens (primary N) is 1. The maximum Gasteiger partial charge on any atom is 0.430 e. The Labute approximate surface area is 231 Å². The number of likely N-dealkylation sites (tertiary alicyclic amines) is 1. The first-order valence-corrected chi connectivity index (χ1v) is 13.4. The molecule has 0 radical (unpaired) electrons. The molecular formula is C30H30N4O6. The topological polar surface area (TPSA) is 133 Å². The summed E-state index contributed by atoms with van der Waals surface area (Å²) in [5.74, 6) is 1.50. The molecule has 10 nitrogen and oxygen atoms in total. The van der Waals surface area contributed by atoms with Crippen LogP contribution >= 0.6 is 0 Å². The van der Waals surface area contributed by atoms with Gasteiger partial charge in [0.2, 0.25) is 0 Å². The Morgan fingerprint density at radius 1 is 1.10 bits per heavy atom. The Morgan fingerprint density at radius 3 is 2.58 bits per heavy atom. The number of amides is 2. The van der Waals surface area contributed by atoms with Gasteiger partial charge in [0, 0.05) is 59.9 Å². The molecule has 3 aliphatic rings. The van der Waals surface area contributed by atoms with Gasteiger partial charge in [0.15, 0.2) is 5.78 Å². The number of carbonyl (C=O) groups excluding carboxylic acids is 3. The Kier molecular flexibility index (Phi) is 6.40. The van der Waals surface area contributed by atoms with Crippen LogP contribution in [-0.2, 0) is 4.84 Å². The number of oxime groups is 1. The average molecular weight is 543 g/mol. The van der Waals surface area contributed by atoms with Crippen LogP contribution in [0.1, 0.15) is 76.9 Å². The summed E-state index contributed by atoms with van der Waals surface area (Å²) < 4.78 is 12.1. The van der Waals surface area contributed by atoms with Crippen LogP contribution in [0, 0.1) is 0 Å². The fourth-order valence-corrected chi connectivity index (χ4v) is 5.71. The summed E-state index contributed by atoms with van der Waals surface area (Å²) in [7, 11) is 1.62. The van der Waals surface area contributed by atoms with Gasteiger partial charge in [-0.2, -0.15) is 0 Å². The quantitative estimate of drug-likeness (QED) is 0.283. The molecule has 1 aromatic heterocycles. The number of nitrogens with zero attached hydrogens (tertiary/aromatic N) is 3. The summed E-state index contributed by atoms with van der Waals surface area (Å²) in [6.07, 6.45) is 4.32. The number of carbonyl (C=O) groups is 3. The van der Waals surface area contributed by atoms with Gasteiger partial charge >= 0.3 is 6.09 Å². The number of primary amides is 1. The second kappa shape index (κ2) is 9.93. The second-order valence-electron chi connectivity index (χ2n) is 10.7. The van der Waals surface area contributed by atoms with Crippen molar-refractivity contribution in [1.29, 1.82) is 0 Å². The first kappa shape index (κ1) is 25.8. The zero-order valence-electron chi connectivity index (χ0n) is 22.4. The van der Waals surface area contributed by atoms with Crippen molar-refractivity contribution in [3.8, 4) is 11.5 Å². The Bertz CT molecular complexity index is 1570. The molecule has 3 aromatic rings. The van der Waals surface area contributed by atoms with Crippen LogP contribution in [0.5, 0.6) is 11.5 Å². The lowest BCUT2D eigenvalue weighted by Crippen LogP contribution is -2.52. The highest BCUT2D eigenvalue weighted by atomic mass is 16.7. The lowest BCUT2D eigenvalue weighted by molar-refractivity contribution is -0.00572. The monoisotopic (exact) mass is 542 g/mol. The minimum absolute atomic E-state index is 0.0362. The maximum absolute atomic E-state index is 13.6. The minimum atomic E-state index is -1.01. The molecule has 0 bridgehead atoms. The van der Waals surface area contributed by atoms with E-state index in [4.69, 9.17) is 15.2 Å². The number of ketones is 1. The molecule has 10 heteroatoms. The van der Waals surface area contributed by atoms with Crippen molar-refractivity contribution in [1.82, 2.24) is 9.88 Å². The number of pyridine rings is 1. The number of hydrogen-bond donors (Lipinski definition) is 1. The summed E-state index contributed by atoms with van der Waals surface area (Å²) in [5, 5.41) is 5.62. The molecule has 2 aromatic carbocycles. The molecular weight excluding hydrogens is 512 g/mol. The Morgan fingerprint density at radius 2 is 1.88 bits per heavy atom. The first-order chi connectivity index (χ1) is 19.3. The van der Waals surface area contributed by atoms with Gasteiger partial charge < -0.3 is 20.1 Å². The molecule has 0 atom stereocenters. The van der Waals surface area contributed by atoms with Gasteiger partial charge in [0.1, 0.15) is 17.1 Å². The number of benzene rings is 2. The van der Waals surface area contributed by atoms with E-state index >= 15 is 0 Å². The van der Waals surface area contributed by atoms with Gasteiger partial charge in [-0.25, -0.2) is 4.79 Å². The highest BCUT2D eigenvalue weighted by molar-refractivity contribution is 6.05. The van der Waals surface area contributed by atoms with E-state index in [0.717, 1.165) is 29.3 Å². The standard InChI is InChI=1S/C30H30N4O6/c1-17(33-40-29(31)37)19-5-6-25-23(13-19)24(35)16-30(39-25)8-11-34(12-9-30)28(36)20-14-22-21(26(15-20)38-2)7-10-32-27(22)18-3-4-18/h5-7,10,13-15,18H,3-4,8-9,11-12,16H2,1-2H3,(H2,31,37)/b33-17+. The van der Waals surface area contributed by atoms with Crippen LogP contribution in [0.4, 0.5) is 4.79 Å². The van der Waals surface area contributed by atoms with E-state index in [2.05, 4.69) is 15.0 Å². The molecule has 0 unspecified atom stereocenters. The number of piperidine rings is 1. The number of aromatic nitrogens is 1. The van der Waals surface area contributed by atoms with Gasteiger partial charge in [-0.05, 0) is 56.2 Å². The number of hydrogen-bond acceptors (Lipinski definition) is 8. The molecule has 6 rings (SSSR count). The average Bonchev–Trinajstić information content (AvgIpc) is 3.80. The number of fused-ring (bicyclic) bond motifs is 2. The van der Waals surface area contributed by atoms with Gasteiger partial charge in [0.25, 0.3) is 5.91 Å². The van der Waals surface area contributed by atoms with E-state index in [1.54, 1.807) is 38.3 Å². The predicted molar refractivity (Wildman–Crippen MR) is 147 cm³/mol. The van der Waals surface area contributed by atoms with Gasteiger partial charge in [-0.15, -0.1) is 0 Å². The summed E-state index contributed by atoms with van der Waals surface area (Å²) in [6, 6.07) is 10.9. The maximum atomic E-state index is 13.6.